The summed E-state index contributed by atoms with van der Waals surface area (Å²) < 4.78 is 0. The third kappa shape index (κ3) is 2.38. The number of nitrogens with one attached hydrogen (secondary N) is 1. The van der Waals surface area contributed by atoms with E-state index in [2.05, 4.69) is 42.3 Å². The van der Waals surface area contributed by atoms with Gasteiger partial charge in [-0.25, -0.2) is 0 Å². The van der Waals surface area contributed by atoms with Gasteiger partial charge in [-0.2, -0.15) is 0 Å². The highest BCUT2D eigenvalue weighted by atomic mass is 16.2. The number of nitrogens with zero attached hydrogens (tertiary/aromatic N) is 1. The zero-order chi connectivity index (χ0) is 15.1. The van der Waals surface area contributed by atoms with Crippen LogP contribution in [0.4, 0.5) is 17.1 Å². The fourth-order valence-electron chi connectivity index (χ4n) is 2.78. The van der Waals surface area contributed by atoms with E-state index in [-0.39, 0.29) is 5.91 Å². The number of aryl methyl sites for hydroxylation is 2. The summed E-state index contributed by atoms with van der Waals surface area (Å²) in [6.07, 6.45) is 0. The Morgan fingerprint density at radius 2 is 1.71 bits per heavy atom. The van der Waals surface area contributed by atoms with Crippen LogP contribution in [0.3, 0.4) is 0 Å². The van der Waals surface area contributed by atoms with E-state index in [4.69, 9.17) is 5.73 Å². The van der Waals surface area contributed by atoms with Crippen molar-refractivity contribution >= 4 is 23.0 Å². The zero-order valence-corrected chi connectivity index (χ0v) is 12.5. The summed E-state index contributed by atoms with van der Waals surface area (Å²) in [5, 5.41) is 2.83. The fraction of sp³-hybridized carbons (Fsp3) is 0.235. The number of hydrogen-bond donors (Lipinski definition) is 2. The molecule has 108 valence electrons. The van der Waals surface area contributed by atoms with Crippen LogP contribution in [0.1, 0.15) is 22.7 Å². The molecule has 0 bridgehead atoms. The van der Waals surface area contributed by atoms with E-state index < -0.39 is 6.04 Å². The van der Waals surface area contributed by atoms with E-state index in [9.17, 15) is 4.79 Å². The van der Waals surface area contributed by atoms with E-state index >= 15 is 0 Å². The molecule has 0 fully saturated rings. The van der Waals surface area contributed by atoms with Crippen molar-refractivity contribution in [2.24, 2.45) is 5.73 Å². The number of carbonyl (C=O) groups is 1. The summed E-state index contributed by atoms with van der Waals surface area (Å²) in [5.74, 6) is -0.142. The Morgan fingerprint density at radius 3 is 2.38 bits per heavy atom. The first kappa shape index (κ1) is 13.6. The Balaban J connectivity index is 1.98. The zero-order valence-electron chi connectivity index (χ0n) is 12.5. The lowest BCUT2D eigenvalue weighted by Gasteiger charge is -2.21. The van der Waals surface area contributed by atoms with Crippen molar-refractivity contribution in [3.05, 3.63) is 53.1 Å². The molecule has 0 aliphatic carbocycles. The van der Waals surface area contributed by atoms with Crippen molar-refractivity contribution in [1.29, 1.82) is 0 Å². The molecule has 2 aromatic carbocycles. The maximum Gasteiger partial charge on any atom is 0.245 e. The van der Waals surface area contributed by atoms with Gasteiger partial charge in [-0.15, -0.1) is 0 Å². The Kier molecular flexibility index (Phi) is 3.18. The normalized spacial score (nSPS) is 16.6. The number of amides is 1. The lowest BCUT2D eigenvalue weighted by Crippen LogP contribution is -2.19. The van der Waals surface area contributed by atoms with Crippen LogP contribution in [-0.2, 0) is 4.79 Å². The summed E-state index contributed by atoms with van der Waals surface area (Å²) in [6.45, 7) is 4.18. The highest BCUT2D eigenvalue weighted by Gasteiger charge is 2.27. The first-order valence-corrected chi connectivity index (χ1v) is 6.98. The molecule has 0 radical (unpaired) electrons. The maximum atomic E-state index is 11.6. The molecule has 4 heteroatoms. The van der Waals surface area contributed by atoms with Gasteiger partial charge in [0.25, 0.3) is 0 Å². The van der Waals surface area contributed by atoms with Gasteiger partial charge in [0.1, 0.15) is 6.04 Å². The molecular formula is C17H19N3O. The first-order valence-electron chi connectivity index (χ1n) is 6.98. The van der Waals surface area contributed by atoms with Crippen LogP contribution in [0.2, 0.25) is 0 Å². The van der Waals surface area contributed by atoms with E-state index in [0.717, 1.165) is 22.6 Å². The SMILES string of the molecule is Cc1cc(C)cc(N(C)c2ccc3c(c2)NC(=O)C3N)c1. The van der Waals surface area contributed by atoms with Crippen LogP contribution in [0.25, 0.3) is 0 Å². The third-order valence-electron chi connectivity index (χ3n) is 3.89. The molecule has 1 unspecified atom stereocenters. The monoisotopic (exact) mass is 281 g/mol. The summed E-state index contributed by atoms with van der Waals surface area (Å²) in [4.78, 5) is 13.7. The molecule has 1 heterocycles. The molecule has 21 heavy (non-hydrogen) atoms. The van der Waals surface area contributed by atoms with Gasteiger partial charge < -0.3 is 16.0 Å². The first-order chi connectivity index (χ1) is 9.95. The molecule has 0 saturated carbocycles. The Morgan fingerprint density at radius 1 is 1.05 bits per heavy atom. The van der Waals surface area contributed by atoms with Gasteiger partial charge in [-0.1, -0.05) is 12.1 Å². The molecule has 3 N–H and O–H groups in total. The molecule has 3 rings (SSSR count). The second-order valence-corrected chi connectivity index (χ2v) is 5.64. The molecule has 1 aliphatic rings. The van der Waals surface area contributed by atoms with Crippen molar-refractivity contribution in [2.75, 3.05) is 17.3 Å². The number of benzene rings is 2. The van der Waals surface area contributed by atoms with E-state index in [1.807, 2.05) is 25.2 Å². The summed E-state index contributed by atoms with van der Waals surface area (Å²) >= 11 is 0. The topological polar surface area (TPSA) is 58.4 Å². The minimum atomic E-state index is -0.555. The van der Waals surface area contributed by atoms with Crippen LogP contribution in [0, 0.1) is 13.8 Å². The van der Waals surface area contributed by atoms with E-state index in [0.29, 0.717) is 0 Å². The Labute approximate surface area is 124 Å². The van der Waals surface area contributed by atoms with Gasteiger partial charge in [0.2, 0.25) is 5.91 Å². The van der Waals surface area contributed by atoms with Crippen LogP contribution in [0.5, 0.6) is 0 Å². The minimum absolute atomic E-state index is 0.142. The number of fused-ring (bicyclic) bond motifs is 1. The van der Waals surface area contributed by atoms with Crippen molar-refractivity contribution < 1.29 is 4.79 Å². The second-order valence-electron chi connectivity index (χ2n) is 5.64. The van der Waals surface area contributed by atoms with Gasteiger partial charge >= 0.3 is 0 Å². The number of anilines is 3. The number of carbonyl (C=O) groups excluding carboxylic acids is 1. The Bertz CT molecular complexity index is 704. The second kappa shape index (κ2) is 4.90. The van der Waals surface area contributed by atoms with Crippen molar-refractivity contribution in [1.82, 2.24) is 0 Å². The largest absolute Gasteiger partial charge is 0.345 e. The third-order valence-corrected chi connectivity index (χ3v) is 3.89. The fourth-order valence-corrected chi connectivity index (χ4v) is 2.78. The molecule has 0 spiro atoms. The minimum Gasteiger partial charge on any atom is -0.345 e. The van der Waals surface area contributed by atoms with Crippen LogP contribution in [-0.4, -0.2) is 13.0 Å². The van der Waals surface area contributed by atoms with Gasteiger partial charge in [0.15, 0.2) is 0 Å². The standard InChI is InChI=1S/C17H19N3O/c1-10-6-11(2)8-13(7-10)20(3)12-4-5-14-15(9-12)19-17(21)16(14)18/h4-9,16H,18H2,1-3H3,(H,19,21). The van der Waals surface area contributed by atoms with Crippen LogP contribution in [0.15, 0.2) is 36.4 Å². The van der Waals surface area contributed by atoms with Gasteiger partial charge in [-0.3, -0.25) is 4.79 Å². The van der Waals surface area contributed by atoms with Gasteiger partial charge in [0.05, 0.1) is 0 Å². The number of rotatable bonds is 2. The number of nitrogens with two attached hydrogens (primary N) is 1. The predicted molar refractivity (Wildman–Crippen MR) is 86.0 cm³/mol. The van der Waals surface area contributed by atoms with E-state index in [1.165, 1.54) is 11.1 Å². The molecule has 2 aromatic rings. The van der Waals surface area contributed by atoms with Crippen LogP contribution >= 0.6 is 0 Å². The molecule has 0 aromatic heterocycles. The van der Waals surface area contributed by atoms with Gasteiger partial charge in [0, 0.05) is 29.7 Å². The van der Waals surface area contributed by atoms with Crippen molar-refractivity contribution in [3.8, 4) is 0 Å². The van der Waals surface area contributed by atoms with Gasteiger partial charge in [-0.05, 0) is 49.2 Å². The molecule has 0 saturated heterocycles. The van der Waals surface area contributed by atoms with Crippen molar-refractivity contribution in [3.63, 3.8) is 0 Å². The molecule has 1 amide bonds. The molecule has 1 atom stereocenters. The summed E-state index contributed by atoms with van der Waals surface area (Å²) in [6, 6.07) is 11.8. The molecule has 4 nitrogen and oxygen atoms in total. The summed E-state index contributed by atoms with van der Waals surface area (Å²) in [7, 11) is 2.02. The smallest absolute Gasteiger partial charge is 0.245 e. The highest BCUT2D eigenvalue weighted by Crippen LogP contribution is 2.34. The lowest BCUT2D eigenvalue weighted by molar-refractivity contribution is -0.116. The highest BCUT2D eigenvalue weighted by molar-refractivity contribution is 6.03. The predicted octanol–water partition coefficient (Wildman–Crippen LogP) is 3.02. The number of hydrogen-bond acceptors (Lipinski definition) is 3. The quantitative estimate of drug-likeness (QED) is 0.889. The van der Waals surface area contributed by atoms with Crippen LogP contribution < -0.4 is 16.0 Å². The Hall–Kier alpha value is -2.33. The maximum absolute atomic E-state index is 11.6. The lowest BCUT2D eigenvalue weighted by atomic mass is 10.1. The van der Waals surface area contributed by atoms with Crippen molar-refractivity contribution in [2.45, 2.75) is 19.9 Å². The molecular weight excluding hydrogens is 262 g/mol. The summed E-state index contributed by atoms with van der Waals surface area (Å²) in [5.41, 5.74) is 12.1. The molecule has 1 aliphatic heterocycles. The average Bonchev–Trinajstić information content (AvgIpc) is 2.71. The average molecular weight is 281 g/mol. The van der Waals surface area contributed by atoms with E-state index in [1.54, 1.807) is 0 Å².